The molecule has 1 N–H and O–H groups in total. The zero-order valence-corrected chi connectivity index (χ0v) is 12.7. The number of fused-ring (bicyclic) bond motifs is 1. The smallest absolute Gasteiger partial charge is 0.272 e. The van der Waals surface area contributed by atoms with Crippen molar-refractivity contribution in [1.29, 1.82) is 0 Å². The summed E-state index contributed by atoms with van der Waals surface area (Å²) in [6.45, 7) is 2.71. The molecule has 1 aliphatic carbocycles. The second-order valence-corrected chi connectivity index (χ2v) is 5.55. The van der Waals surface area contributed by atoms with E-state index >= 15 is 0 Å². The number of carbonyl (C=O) groups is 1. The second-order valence-electron chi connectivity index (χ2n) is 5.55. The van der Waals surface area contributed by atoms with Gasteiger partial charge in [-0.05, 0) is 37.8 Å². The van der Waals surface area contributed by atoms with Crippen LogP contribution in [0.15, 0.2) is 23.1 Å². The number of amides is 1. The van der Waals surface area contributed by atoms with Crippen LogP contribution in [0.3, 0.4) is 0 Å². The fourth-order valence-electron chi connectivity index (χ4n) is 2.73. The van der Waals surface area contributed by atoms with Crippen LogP contribution in [0.4, 0.5) is 0 Å². The van der Waals surface area contributed by atoms with Crippen molar-refractivity contribution in [2.45, 2.75) is 38.8 Å². The van der Waals surface area contributed by atoms with Crippen LogP contribution < -0.4 is 10.9 Å². The van der Waals surface area contributed by atoms with E-state index in [1.807, 2.05) is 6.92 Å². The van der Waals surface area contributed by atoms with Gasteiger partial charge in [-0.15, -0.1) is 0 Å². The number of rotatable bonds is 3. The highest BCUT2D eigenvalue weighted by Crippen LogP contribution is 2.18. The first-order chi connectivity index (χ1) is 10.6. The average molecular weight is 301 g/mol. The van der Waals surface area contributed by atoms with Gasteiger partial charge in [-0.25, -0.2) is 4.68 Å². The van der Waals surface area contributed by atoms with Crippen molar-refractivity contribution in [3.63, 3.8) is 0 Å². The third kappa shape index (κ3) is 2.79. The zero-order valence-electron chi connectivity index (χ0n) is 12.7. The normalized spacial score (nSPS) is 17.1. The minimum atomic E-state index is -0.169. The van der Waals surface area contributed by atoms with Crippen molar-refractivity contribution in [1.82, 2.24) is 24.9 Å². The van der Waals surface area contributed by atoms with Gasteiger partial charge in [0.1, 0.15) is 5.69 Å². The Bertz CT molecular complexity index is 762. The minimum absolute atomic E-state index is 0.0145. The molecule has 0 spiro atoms. The SMILES string of the molecule is CCn1ccc(C(=O)NC2CCc3nn(C)c(=O)cc3C2)n1. The lowest BCUT2D eigenvalue weighted by Gasteiger charge is -2.24. The van der Waals surface area contributed by atoms with E-state index in [0.29, 0.717) is 12.1 Å². The average Bonchev–Trinajstić information content (AvgIpc) is 2.98. The fourth-order valence-corrected chi connectivity index (χ4v) is 2.73. The van der Waals surface area contributed by atoms with Gasteiger partial charge in [-0.1, -0.05) is 0 Å². The van der Waals surface area contributed by atoms with E-state index in [1.54, 1.807) is 30.1 Å². The van der Waals surface area contributed by atoms with Crippen LogP contribution in [0.5, 0.6) is 0 Å². The molecule has 0 aliphatic heterocycles. The third-order valence-corrected chi connectivity index (χ3v) is 3.99. The molecule has 0 fully saturated rings. The summed E-state index contributed by atoms with van der Waals surface area (Å²) >= 11 is 0. The molecule has 0 saturated carbocycles. The van der Waals surface area contributed by atoms with Gasteiger partial charge in [-0.2, -0.15) is 10.2 Å². The van der Waals surface area contributed by atoms with Gasteiger partial charge in [0.15, 0.2) is 0 Å². The number of aryl methyl sites for hydroxylation is 3. The summed E-state index contributed by atoms with van der Waals surface area (Å²) in [5.41, 5.74) is 2.18. The summed E-state index contributed by atoms with van der Waals surface area (Å²) in [5, 5.41) is 11.5. The van der Waals surface area contributed by atoms with E-state index < -0.39 is 0 Å². The Morgan fingerprint density at radius 1 is 1.45 bits per heavy atom. The van der Waals surface area contributed by atoms with E-state index in [-0.39, 0.29) is 17.5 Å². The summed E-state index contributed by atoms with van der Waals surface area (Å²) in [6.07, 6.45) is 4.01. The molecule has 1 unspecified atom stereocenters. The van der Waals surface area contributed by atoms with Crippen molar-refractivity contribution < 1.29 is 4.79 Å². The maximum atomic E-state index is 12.2. The Morgan fingerprint density at radius 3 is 3.00 bits per heavy atom. The molecule has 3 rings (SSSR count). The molecule has 2 aromatic rings. The van der Waals surface area contributed by atoms with Gasteiger partial charge in [0.2, 0.25) is 0 Å². The molecular formula is C15H19N5O2. The molecule has 1 atom stereocenters. The van der Waals surface area contributed by atoms with Crippen LogP contribution >= 0.6 is 0 Å². The quantitative estimate of drug-likeness (QED) is 0.883. The van der Waals surface area contributed by atoms with Crippen molar-refractivity contribution in [3.8, 4) is 0 Å². The van der Waals surface area contributed by atoms with Gasteiger partial charge < -0.3 is 5.32 Å². The number of nitrogens with zero attached hydrogens (tertiary/aromatic N) is 4. The topological polar surface area (TPSA) is 81.8 Å². The lowest BCUT2D eigenvalue weighted by molar-refractivity contribution is 0.0927. The highest BCUT2D eigenvalue weighted by atomic mass is 16.2. The van der Waals surface area contributed by atoms with Crippen LogP contribution in [0.2, 0.25) is 0 Å². The molecule has 1 amide bonds. The molecule has 7 heteroatoms. The van der Waals surface area contributed by atoms with Gasteiger partial charge in [-0.3, -0.25) is 14.3 Å². The van der Waals surface area contributed by atoms with Crippen LogP contribution in [-0.4, -0.2) is 31.5 Å². The van der Waals surface area contributed by atoms with Gasteiger partial charge in [0.25, 0.3) is 11.5 Å². The molecule has 0 aromatic carbocycles. The molecule has 22 heavy (non-hydrogen) atoms. The van der Waals surface area contributed by atoms with E-state index in [9.17, 15) is 9.59 Å². The highest BCUT2D eigenvalue weighted by molar-refractivity contribution is 5.92. The van der Waals surface area contributed by atoms with Crippen LogP contribution in [0.25, 0.3) is 0 Å². The Morgan fingerprint density at radius 2 is 2.27 bits per heavy atom. The lowest BCUT2D eigenvalue weighted by Crippen LogP contribution is -2.40. The maximum Gasteiger partial charge on any atom is 0.272 e. The predicted molar refractivity (Wildman–Crippen MR) is 80.7 cm³/mol. The number of hydrogen-bond acceptors (Lipinski definition) is 4. The monoisotopic (exact) mass is 301 g/mol. The molecule has 2 heterocycles. The van der Waals surface area contributed by atoms with Crippen molar-refractivity contribution >= 4 is 5.91 Å². The molecule has 0 saturated heterocycles. The molecule has 2 aromatic heterocycles. The Labute approximate surface area is 128 Å². The van der Waals surface area contributed by atoms with Crippen LogP contribution in [-0.2, 0) is 26.4 Å². The number of carbonyl (C=O) groups excluding carboxylic acids is 1. The molecule has 0 radical (unpaired) electrons. The van der Waals surface area contributed by atoms with E-state index in [0.717, 1.165) is 30.6 Å². The first-order valence-corrected chi connectivity index (χ1v) is 7.47. The standard InChI is InChI=1S/C15H19N5O2/c1-3-20-7-6-13(18-20)15(22)16-11-4-5-12-10(8-11)9-14(21)19(2)17-12/h6-7,9,11H,3-5,8H2,1-2H3,(H,16,22). The van der Waals surface area contributed by atoms with E-state index in [1.165, 1.54) is 4.68 Å². The van der Waals surface area contributed by atoms with Gasteiger partial charge in [0, 0.05) is 31.9 Å². The minimum Gasteiger partial charge on any atom is -0.348 e. The fraction of sp³-hybridized carbons (Fsp3) is 0.467. The largest absolute Gasteiger partial charge is 0.348 e. The number of nitrogens with one attached hydrogen (secondary N) is 1. The summed E-state index contributed by atoms with van der Waals surface area (Å²) in [4.78, 5) is 23.9. The Balaban J connectivity index is 1.71. The van der Waals surface area contributed by atoms with Crippen LogP contribution in [0.1, 0.15) is 35.1 Å². The zero-order chi connectivity index (χ0) is 15.7. The van der Waals surface area contributed by atoms with Gasteiger partial charge in [0.05, 0.1) is 5.69 Å². The van der Waals surface area contributed by atoms with E-state index in [2.05, 4.69) is 15.5 Å². The Hall–Kier alpha value is -2.44. The van der Waals surface area contributed by atoms with Crippen LogP contribution in [0, 0.1) is 0 Å². The van der Waals surface area contributed by atoms with Crippen molar-refractivity contribution in [3.05, 3.63) is 45.6 Å². The van der Waals surface area contributed by atoms with Gasteiger partial charge >= 0.3 is 0 Å². The third-order valence-electron chi connectivity index (χ3n) is 3.99. The number of aromatic nitrogens is 4. The molecular weight excluding hydrogens is 282 g/mol. The second kappa shape index (κ2) is 5.75. The first kappa shape index (κ1) is 14.5. The summed E-state index contributed by atoms with van der Waals surface area (Å²) < 4.78 is 3.08. The van der Waals surface area contributed by atoms with E-state index in [4.69, 9.17) is 0 Å². The maximum absolute atomic E-state index is 12.2. The molecule has 116 valence electrons. The Kier molecular flexibility index (Phi) is 3.79. The number of hydrogen-bond donors (Lipinski definition) is 1. The predicted octanol–water partition coefficient (Wildman–Crippen LogP) is 0.284. The summed E-state index contributed by atoms with van der Waals surface area (Å²) in [7, 11) is 1.65. The lowest BCUT2D eigenvalue weighted by atomic mass is 9.92. The first-order valence-electron chi connectivity index (χ1n) is 7.47. The molecule has 0 bridgehead atoms. The summed E-state index contributed by atoms with van der Waals surface area (Å²) in [5.74, 6) is -0.169. The summed E-state index contributed by atoms with van der Waals surface area (Å²) in [6, 6.07) is 3.35. The molecule has 7 nitrogen and oxygen atoms in total. The van der Waals surface area contributed by atoms with Crippen molar-refractivity contribution in [2.24, 2.45) is 7.05 Å². The molecule has 1 aliphatic rings. The van der Waals surface area contributed by atoms with Crippen molar-refractivity contribution in [2.75, 3.05) is 0 Å². The highest BCUT2D eigenvalue weighted by Gasteiger charge is 2.23.